The van der Waals surface area contributed by atoms with Crippen LogP contribution in [0.5, 0.6) is 5.75 Å². The summed E-state index contributed by atoms with van der Waals surface area (Å²) in [6, 6.07) is 6.63. The Labute approximate surface area is 99.7 Å². The minimum atomic E-state index is -2.79. The molecule has 0 heterocycles. The fraction of sp³-hybridized carbons (Fsp3) is 0.500. The van der Waals surface area contributed by atoms with Gasteiger partial charge in [0.1, 0.15) is 5.75 Å². The van der Waals surface area contributed by atoms with Gasteiger partial charge in [0.2, 0.25) is 0 Å². The van der Waals surface area contributed by atoms with E-state index in [4.69, 9.17) is 4.74 Å². The largest absolute Gasteiger partial charge is 0.435 e. The van der Waals surface area contributed by atoms with Gasteiger partial charge in [-0.25, -0.2) is 0 Å². The normalized spacial score (nSPS) is 12.5. The summed E-state index contributed by atoms with van der Waals surface area (Å²) < 4.78 is 33.2. The van der Waals surface area contributed by atoms with Crippen molar-refractivity contribution in [1.29, 1.82) is 0 Å². The molecule has 0 spiro atoms. The number of halogens is 2. The summed E-state index contributed by atoms with van der Waals surface area (Å²) in [7, 11) is 1.64. The molecule has 0 radical (unpaired) electrons. The molecule has 0 saturated heterocycles. The van der Waals surface area contributed by atoms with Crippen LogP contribution in [0.2, 0.25) is 0 Å². The number of ether oxygens (including phenoxy) is 2. The maximum Gasteiger partial charge on any atom is 0.387 e. The van der Waals surface area contributed by atoms with E-state index in [1.54, 1.807) is 19.2 Å². The first-order valence-electron chi connectivity index (χ1n) is 5.46. The lowest BCUT2D eigenvalue weighted by molar-refractivity contribution is -0.0498. The average Bonchev–Trinajstić information content (AvgIpc) is 2.30. The molecular weight excluding hydrogens is 228 g/mol. The Kier molecular flexibility index (Phi) is 5.69. The summed E-state index contributed by atoms with van der Waals surface area (Å²) in [4.78, 5) is 0. The highest BCUT2D eigenvalue weighted by Gasteiger charge is 2.06. The summed E-state index contributed by atoms with van der Waals surface area (Å²) in [6.45, 7) is -0.137. The fourth-order valence-electron chi connectivity index (χ4n) is 1.43. The van der Waals surface area contributed by atoms with Gasteiger partial charge in [0.15, 0.2) is 0 Å². The van der Waals surface area contributed by atoms with Crippen LogP contribution < -0.4 is 10.1 Å². The molecule has 1 N–H and O–H groups in total. The minimum Gasteiger partial charge on any atom is -0.435 e. The van der Waals surface area contributed by atoms with E-state index in [1.807, 2.05) is 6.92 Å². The van der Waals surface area contributed by atoms with Crippen molar-refractivity contribution in [2.24, 2.45) is 0 Å². The van der Waals surface area contributed by atoms with Gasteiger partial charge in [0.25, 0.3) is 0 Å². The number of alkyl halides is 2. The summed E-state index contributed by atoms with van der Waals surface area (Å²) >= 11 is 0. The van der Waals surface area contributed by atoms with E-state index in [1.165, 1.54) is 12.1 Å². The molecule has 0 aromatic heterocycles. The van der Waals surface area contributed by atoms with Crippen LogP contribution in [0.15, 0.2) is 24.3 Å². The lowest BCUT2D eigenvalue weighted by atomic mass is 10.2. The van der Waals surface area contributed by atoms with Crippen LogP contribution in [0.1, 0.15) is 13.3 Å². The van der Waals surface area contributed by atoms with Crippen LogP contribution in [0, 0.1) is 0 Å². The molecule has 0 fully saturated rings. The highest BCUT2D eigenvalue weighted by atomic mass is 19.3. The molecule has 0 bridgehead atoms. The van der Waals surface area contributed by atoms with E-state index in [0.29, 0.717) is 6.61 Å². The van der Waals surface area contributed by atoms with Crippen molar-refractivity contribution in [1.82, 2.24) is 0 Å². The maximum absolute atomic E-state index is 11.9. The van der Waals surface area contributed by atoms with E-state index < -0.39 is 6.61 Å². The second kappa shape index (κ2) is 7.06. The smallest absolute Gasteiger partial charge is 0.387 e. The zero-order chi connectivity index (χ0) is 12.7. The van der Waals surface area contributed by atoms with E-state index in [9.17, 15) is 8.78 Å². The molecule has 0 amide bonds. The van der Waals surface area contributed by atoms with Crippen molar-refractivity contribution in [3.05, 3.63) is 24.3 Å². The molecule has 17 heavy (non-hydrogen) atoms. The first kappa shape index (κ1) is 13.7. The Hall–Kier alpha value is -1.36. The Morgan fingerprint density at radius 3 is 2.35 bits per heavy atom. The predicted octanol–water partition coefficient (Wildman–Crippen LogP) is 3.12. The Morgan fingerprint density at radius 1 is 1.24 bits per heavy atom. The molecule has 0 aliphatic heterocycles. The Balaban J connectivity index is 2.54. The SMILES string of the molecule is CCC(COC)Nc1ccc(OC(F)F)cc1. The first-order chi connectivity index (χ1) is 8.15. The van der Waals surface area contributed by atoms with Crippen molar-refractivity contribution < 1.29 is 18.3 Å². The summed E-state index contributed by atoms with van der Waals surface area (Å²) in [5.74, 6) is 0.158. The number of hydrogen-bond donors (Lipinski definition) is 1. The number of rotatable bonds is 7. The van der Waals surface area contributed by atoms with Gasteiger partial charge in [0.05, 0.1) is 6.61 Å². The highest BCUT2D eigenvalue weighted by Crippen LogP contribution is 2.18. The van der Waals surface area contributed by atoms with Crippen molar-refractivity contribution in [3.8, 4) is 5.75 Å². The Bertz CT molecular complexity index is 317. The van der Waals surface area contributed by atoms with Gasteiger partial charge in [-0.2, -0.15) is 8.78 Å². The zero-order valence-electron chi connectivity index (χ0n) is 9.95. The van der Waals surface area contributed by atoms with Gasteiger partial charge in [-0.05, 0) is 30.7 Å². The third-order valence-electron chi connectivity index (χ3n) is 2.31. The van der Waals surface area contributed by atoms with Gasteiger partial charge in [-0.3, -0.25) is 0 Å². The maximum atomic E-state index is 11.9. The Morgan fingerprint density at radius 2 is 1.88 bits per heavy atom. The monoisotopic (exact) mass is 245 g/mol. The van der Waals surface area contributed by atoms with Gasteiger partial charge in [0, 0.05) is 18.8 Å². The molecule has 1 atom stereocenters. The number of methoxy groups -OCH3 is 1. The van der Waals surface area contributed by atoms with Gasteiger partial charge in [-0.1, -0.05) is 6.92 Å². The fourth-order valence-corrected chi connectivity index (χ4v) is 1.43. The standard InChI is InChI=1S/C12H17F2NO2/c1-3-9(8-16-2)15-10-4-6-11(7-5-10)17-12(13)14/h4-7,9,12,15H,3,8H2,1-2H3. The first-order valence-corrected chi connectivity index (χ1v) is 5.46. The molecule has 0 saturated carbocycles. The van der Waals surface area contributed by atoms with E-state index in [-0.39, 0.29) is 11.8 Å². The molecule has 0 aliphatic carbocycles. The zero-order valence-corrected chi connectivity index (χ0v) is 9.95. The predicted molar refractivity (Wildman–Crippen MR) is 62.7 cm³/mol. The third-order valence-corrected chi connectivity index (χ3v) is 2.31. The number of hydrogen-bond acceptors (Lipinski definition) is 3. The summed E-state index contributed by atoms with van der Waals surface area (Å²) in [5.41, 5.74) is 0.857. The second-order valence-corrected chi connectivity index (χ2v) is 3.61. The quantitative estimate of drug-likeness (QED) is 0.800. The number of benzene rings is 1. The topological polar surface area (TPSA) is 30.5 Å². The van der Waals surface area contributed by atoms with E-state index in [2.05, 4.69) is 10.1 Å². The van der Waals surface area contributed by atoms with Gasteiger partial charge < -0.3 is 14.8 Å². The summed E-state index contributed by atoms with van der Waals surface area (Å²) in [5, 5.41) is 3.24. The minimum absolute atomic E-state index is 0.158. The van der Waals surface area contributed by atoms with Gasteiger partial charge in [-0.15, -0.1) is 0 Å². The lowest BCUT2D eigenvalue weighted by Gasteiger charge is -2.17. The van der Waals surface area contributed by atoms with Crippen molar-refractivity contribution >= 4 is 5.69 Å². The summed E-state index contributed by atoms with van der Waals surface area (Å²) in [6.07, 6.45) is 0.920. The highest BCUT2D eigenvalue weighted by molar-refractivity contribution is 5.47. The van der Waals surface area contributed by atoms with Crippen LogP contribution in [-0.4, -0.2) is 26.4 Å². The number of nitrogens with one attached hydrogen (secondary N) is 1. The molecule has 3 nitrogen and oxygen atoms in total. The lowest BCUT2D eigenvalue weighted by Crippen LogP contribution is -2.23. The molecule has 0 aliphatic rings. The van der Waals surface area contributed by atoms with Crippen LogP contribution in [0.4, 0.5) is 14.5 Å². The molecule has 1 rings (SSSR count). The molecule has 5 heteroatoms. The average molecular weight is 245 g/mol. The molecule has 96 valence electrons. The van der Waals surface area contributed by atoms with E-state index >= 15 is 0 Å². The molecule has 1 aromatic rings. The van der Waals surface area contributed by atoms with Gasteiger partial charge >= 0.3 is 6.61 Å². The molecule has 1 aromatic carbocycles. The van der Waals surface area contributed by atoms with Crippen LogP contribution in [-0.2, 0) is 4.74 Å². The van der Waals surface area contributed by atoms with Crippen molar-refractivity contribution in [3.63, 3.8) is 0 Å². The van der Waals surface area contributed by atoms with Crippen molar-refractivity contribution in [2.75, 3.05) is 19.0 Å². The van der Waals surface area contributed by atoms with Crippen LogP contribution >= 0.6 is 0 Å². The van der Waals surface area contributed by atoms with Crippen LogP contribution in [0.3, 0.4) is 0 Å². The van der Waals surface area contributed by atoms with Crippen molar-refractivity contribution in [2.45, 2.75) is 26.0 Å². The third kappa shape index (κ3) is 4.99. The number of anilines is 1. The van der Waals surface area contributed by atoms with Crippen LogP contribution in [0.25, 0.3) is 0 Å². The van der Waals surface area contributed by atoms with E-state index in [0.717, 1.165) is 12.1 Å². The second-order valence-electron chi connectivity index (χ2n) is 3.61. The molecule has 1 unspecified atom stereocenters. The molecular formula is C12H17F2NO2.